The smallest absolute Gasteiger partial charge is 0.0415 e. The van der Waals surface area contributed by atoms with Crippen LogP contribution in [0.5, 0.6) is 0 Å². The Morgan fingerprint density at radius 3 is 2.89 bits per heavy atom. The molecule has 0 spiro atoms. The monoisotopic (exact) mass is 310 g/mol. The number of hydrogen-bond donors (Lipinski definition) is 1. The highest BCUT2D eigenvalue weighted by Gasteiger charge is 2.20. The molecule has 2 unspecified atom stereocenters. The van der Waals surface area contributed by atoms with Crippen LogP contribution in [0.2, 0.25) is 0 Å². The lowest BCUT2D eigenvalue weighted by molar-refractivity contribution is 0.445. The molecule has 0 aromatic heterocycles. The average molecular weight is 311 g/mol. The van der Waals surface area contributed by atoms with Crippen molar-refractivity contribution in [2.75, 3.05) is 25.0 Å². The molecule has 1 saturated heterocycles. The Labute approximate surface area is 119 Å². The molecule has 0 amide bonds. The standard InChI is InChI=1S/C15H23BrN2/c1-11-5-4-8-18(10-11)15-7-6-13(16)9-14(15)12(2)17-3/h6-7,9,11-12,17H,4-5,8,10H2,1-3H3. The van der Waals surface area contributed by atoms with Gasteiger partial charge in [-0.3, -0.25) is 0 Å². The van der Waals surface area contributed by atoms with Crippen molar-refractivity contribution in [3.63, 3.8) is 0 Å². The summed E-state index contributed by atoms with van der Waals surface area (Å²) in [5, 5.41) is 3.35. The summed E-state index contributed by atoms with van der Waals surface area (Å²) in [5.41, 5.74) is 2.78. The molecule has 1 fully saturated rings. The first-order valence-electron chi connectivity index (χ1n) is 6.83. The Morgan fingerprint density at radius 1 is 1.44 bits per heavy atom. The number of nitrogens with one attached hydrogen (secondary N) is 1. The van der Waals surface area contributed by atoms with Gasteiger partial charge in [-0.15, -0.1) is 0 Å². The van der Waals surface area contributed by atoms with Crippen LogP contribution in [0, 0.1) is 5.92 Å². The summed E-state index contributed by atoms with van der Waals surface area (Å²) in [5.74, 6) is 0.806. The molecule has 0 aliphatic carbocycles. The lowest BCUT2D eigenvalue weighted by Gasteiger charge is -2.35. The van der Waals surface area contributed by atoms with E-state index in [1.54, 1.807) is 0 Å². The number of piperidine rings is 1. The molecule has 1 aromatic rings. The second-order valence-electron chi connectivity index (χ2n) is 5.41. The van der Waals surface area contributed by atoms with Crippen molar-refractivity contribution in [1.82, 2.24) is 5.32 Å². The summed E-state index contributed by atoms with van der Waals surface area (Å²) in [6.07, 6.45) is 2.68. The van der Waals surface area contributed by atoms with E-state index in [0.29, 0.717) is 6.04 Å². The fourth-order valence-electron chi connectivity index (χ4n) is 2.72. The third kappa shape index (κ3) is 3.07. The highest BCUT2D eigenvalue weighted by Crippen LogP contribution is 2.32. The molecule has 1 aromatic carbocycles. The van der Waals surface area contributed by atoms with Crippen molar-refractivity contribution in [3.8, 4) is 0 Å². The molecular weight excluding hydrogens is 288 g/mol. The van der Waals surface area contributed by atoms with E-state index in [2.05, 4.69) is 58.2 Å². The van der Waals surface area contributed by atoms with Gasteiger partial charge >= 0.3 is 0 Å². The predicted molar refractivity (Wildman–Crippen MR) is 82.2 cm³/mol. The van der Waals surface area contributed by atoms with Gasteiger partial charge in [-0.2, -0.15) is 0 Å². The highest BCUT2D eigenvalue weighted by atomic mass is 79.9. The Balaban J connectivity index is 2.30. The molecule has 1 heterocycles. The molecule has 3 heteroatoms. The van der Waals surface area contributed by atoms with E-state index in [-0.39, 0.29) is 0 Å². The van der Waals surface area contributed by atoms with Crippen LogP contribution in [0.15, 0.2) is 22.7 Å². The lowest BCUT2D eigenvalue weighted by atomic mass is 9.97. The molecule has 1 aliphatic heterocycles. The molecular formula is C15H23BrN2. The minimum absolute atomic E-state index is 0.384. The van der Waals surface area contributed by atoms with Gasteiger partial charge in [0.15, 0.2) is 0 Å². The summed E-state index contributed by atoms with van der Waals surface area (Å²) < 4.78 is 1.16. The Kier molecular flexibility index (Phi) is 4.68. The molecule has 1 aliphatic rings. The van der Waals surface area contributed by atoms with E-state index in [1.807, 2.05) is 7.05 Å². The Morgan fingerprint density at radius 2 is 2.22 bits per heavy atom. The van der Waals surface area contributed by atoms with Crippen LogP contribution in [0.1, 0.15) is 38.3 Å². The van der Waals surface area contributed by atoms with E-state index in [0.717, 1.165) is 10.4 Å². The number of halogens is 1. The van der Waals surface area contributed by atoms with Gasteiger partial charge in [-0.05, 0) is 56.5 Å². The van der Waals surface area contributed by atoms with Gasteiger partial charge in [0.25, 0.3) is 0 Å². The summed E-state index contributed by atoms with van der Waals surface area (Å²) in [6, 6.07) is 7.04. The van der Waals surface area contributed by atoms with E-state index in [1.165, 1.54) is 37.2 Å². The molecule has 2 atom stereocenters. The zero-order valence-electron chi connectivity index (χ0n) is 11.5. The summed E-state index contributed by atoms with van der Waals surface area (Å²) in [4.78, 5) is 2.55. The van der Waals surface area contributed by atoms with E-state index in [9.17, 15) is 0 Å². The van der Waals surface area contributed by atoms with Gasteiger partial charge in [0.2, 0.25) is 0 Å². The number of benzene rings is 1. The fourth-order valence-corrected chi connectivity index (χ4v) is 3.10. The third-order valence-corrected chi connectivity index (χ3v) is 4.38. The molecule has 2 nitrogen and oxygen atoms in total. The quantitative estimate of drug-likeness (QED) is 0.909. The number of rotatable bonds is 3. The van der Waals surface area contributed by atoms with Gasteiger partial charge in [0.1, 0.15) is 0 Å². The highest BCUT2D eigenvalue weighted by molar-refractivity contribution is 9.10. The van der Waals surface area contributed by atoms with E-state index in [4.69, 9.17) is 0 Å². The minimum atomic E-state index is 0.384. The van der Waals surface area contributed by atoms with E-state index >= 15 is 0 Å². The van der Waals surface area contributed by atoms with Crippen molar-refractivity contribution < 1.29 is 0 Å². The molecule has 1 N–H and O–H groups in total. The van der Waals surface area contributed by atoms with Crippen LogP contribution in [0.25, 0.3) is 0 Å². The van der Waals surface area contributed by atoms with Crippen LogP contribution in [-0.4, -0.2) is 20.1 Å². The van der Waals surface area contributed by atoms with Crippen molar-refractivity contribution in [3.05, 3.63) is 28.2 Å². The van der Waals surface area contributed by atoms with Gasteiger partial charge in [0, 0.05) is 29.3 Å². The second-order valence-corrected chi connectivity index (χ2v) is 6.32. The largest absolute Gasteiger partial charge is 0.371 e. The zero-order valence-corrected chi connectivity index (χ0v) is 13.1. The maximum absolute atomic E-state index is 3.58. The number of anilines is 1. The predicted octanol–water partition coefficient (Wildman–Crippen LogP) is 3.97. The molecule has 0 bridgehead atoms. The fraction of sp³-hybridized carbons (Fsp3) is 0.600. The van der Waals surface area contributed by atoms with Crippen molar-refractivity contribution in [1.29, 1.82) is 0 Å². The summed E-state index contributed by atoms with van der Waals surface area (Å²) >= 11 is 3.58. The van der Waals surface area contributed by atoms with Crippen molar-refractivity contribution in [2.24, 2.45) is 5.92 Å². The first-order chi connectivity index (χ1) is 8.61. The normalized spacial score (nSPS) is 22.0. The average Bonchev–Trinajstić information content (AvgIpc) is 2.37. The number of nitrogens with zero attached hydrogens (tertiary/aromatic N) is 1. The van der Waals surface area contributed by atoms with Crippen LogP contribution in [0.3, 0.4) is 0 Å². The van der Waals surface area contributed by atoms with Crippen LogP contribution in [0.4, 0.5) is 5.69 Å². The van der Waals surface area contributed by atoms with Crippen LogP contribution >= 0.6 is 15.9 Å². The zero-order chi connectivity index (χ0) is 13.1. The first kappa shape index (κ1) is 13.9. The van der Waals surface area contributed by atoms with Crippen molar-refractivity contribution >= 4 is 21.6 Å². The van der Waals surface area contributed by atoms with Gasteiger partial charge in [0.05, 0.1) is 0 Å². The topological polar surface area (TPSA) is 15.3 Å². The summed E-state index contributed by atoms with van der Waals surface area (Å²) in [6.45, 7) is 6.95. The molecule has 0 saturated carbocycles. The van der Waals surface area contributed by atoms with Gasteiger partial charge in [-0.25, -0.2) is 0 Å². The molecule has 0 radical (unpaired) electrons. The number of hydrogen-bond acceptors (Lipinski definition) is 2. The van der Waals surface area contributed by atoms with Crippen LogP contribution < -0.4 is 10.2 Å². The molecule has 100 valence electrons. The van der Waals surface area contributed by atoms with Crippen LogP contribution in [-0.2, 0) is 0 Å². The van der Waals surface area contributed by atoms with Gasteiger partial charge < -0.3 is 10.2 Å². The maximum atomic E-state index is 3.58. The second kappa shape index (κ2) is 6.07. The van der Waals surface area contributed by atoms with Crippen molar-refractivity contribution in [2.45, 2.75) is 32.7 Å². The maximum Gasteiger partial charge on any atom is 0.0415 e. The minimum Gasteiger partial charge on any atom is -0.371 e. The van der Waals surface area contributed by atoms with E-state index < -0.39 is 0 Å². The molecule has 2 rings (SSSR count). The Bertz CT molecular complexity index is 405. The Hall–Kier alpha value is -0.540. The molecule has 18 heavy (non-hydrogen) atoms. The third-order valence-electron chi connectivity index (χ3n) is 3.89. The lowest BCUT2D eigenvalue weighted by Crippen LogP contribution is -2.35. The summed E-state index contributed by atoms with van der Waals surface area (Å²) in [7, 11) is 2.02. The van der Waals surface area contributed by atoms with Gasteiger partial charge in [-0.1, -0.05) is 22.9 Å². The SMILES string of the molecule is CNC(C)c1cc(Br)ccc1N1CCCC(C)C1. The first-order valence-corrected chi connectivity index (χ1v) is 7.62.